The van der Waals surface area contributed by atoms with Gasteiger partial charge in [-0.05, 0) is 24.7 Å². The summed E-state index contributed by atoms with van der Waals surface area (Å²) in [6.07, 6.45) is 4.03. The Bertz CT molecular complexity index is 669. The van der Waals surface area contributed by atoms with Crippen molar-refractivity contribution in [2.24, 2.45) is 0 Å². The van der Waals surface area contributed by atoms with Crippen LogP contribution in [0.1, 0.15) is 11.1 Å². The van der Waals surface area contributed by atoms with E-state index in [2.05, 4.69) is 0 Å². The second-order valence-corrected chi connectivity index (χ2v) is 5.47. The largest absolute Gasteiger partial charge is 0.298 e. The van der Waals surface area contributed by atoms with Crippen molar-refractivity contribution in [3.8, 4) is 0 Å². The third-order valence-corrected chi connectivity index (χ3v) is 3.48. The Morgan fingerprint density at radius 3 is 2.55 bits per heavy atom. The number of nitro benzene ring substituents is 1. The van der Waals surface area contributed by atoms with Crippen molar-refractivity contribution in [1.29, 1.82) is 0 Å². The van der Waals surface area contributed by atoms with Gasteiger partial charge in [0.15, 0.2) is 0 Å². The third-order valence-electron chi connectivity index (χ3n) is 3.23. The van der Waals surface area contributed by atoms with Gasteiger partial charge in [0.2, 0.25) is 0 Å². The molecule has 2 aromatic rings. The quantitative estimate of drug-likeness (QED) is 0.586. The molecule has 0 aliphatic heterocycles. The molecule has 0 spiro atoms. The number of halogens is 1. The number of nitro groups is 1. The van der Waals surface area contributed by atoms with Crippen LogP contribution in [0.4, 0.5) is 5.69 Å². The van der Waals surface area contributed by atoms with E-state index in [1.807, 2.05) is 54.4 Å². The molecule has 0 radical (unpaired) electrons. The number of para-hydroxylation sites is 1. The molecule has 2 aromatic carbocycles. The molecule has 0 unspecified atom stereocenters. The lowest BCUT2D eigenvalue weighted by Gasteiger charge is -2.14. The van der Waals surface area contributed by atoms with Crippen molar-refractivity contribution in [2.45, 2.75) is 6.54 Å². The second kappa shape index (κ2) is 7.73. The fourth-order valence-corrected chi connectivity index (χ4v) is 2.25. The van der Waals surface area contributed by atoms with Gasteiger partial charge in [-0.2, -0.15) is 0 Å². The molecule has 0 saturated carbocycles. The maximum atomic E-state index is 11.0. The Morgan fingerprint density at radius 1 is 1.18 bits per heavy atom. The van der Waals surface area contributed by atoms with Crippen LogP contribution in [0.15, 0.2) is 54.6 Å². The summed E-state index contributed by atoms with van der Waals surface area (Å²) in [6, 6.07) is 14.4. The third kappa shape index (κ3) is 4.69. The molecule has 0 atom stereocenters. The summed E-state index contributed by atoms with van der Waals surface area (Å²) in [5.41, 5.74) is 1.95. The zero-order chi connectivity index (χ0) is 15.9. The first kappa shape index (κ1) is 16.2. The molecule has 5 heteroatoms. The summed E-state index contributed by atoms with van der Waals surface area (Å²) >= 11 is 5.84. The first-order valence-corrected chi connectivity index (χ1v) is 7.27. The van der Waals surface area contributed by atoms with Gasteiger partial charge < -0.3 is 0 Å². The van der Waals surface area contributed by atoms with E-state index in [-0.39, 0.29) is 10.6 Å². The van der Waals surface area contributed by atoms with Gasteiger partial charge in [0.25, 0.3) is 5.69 Å². The SMILES string of the molecule is CN(CC=Cc1ccc(Cl)cc1)Cc1ccccc1[N+](=O)[O-]. The number of hydrogen-bond acceptors (Lipinski definition) is 3. The van der Waals surface area contributed by atoms with Crippen LogP contribution in [0, 0.1) is 10.1 Å². The highest BCUT2D eigenvalue weighted by molar-refractivity contribution is 6.30. The predicted molar refractivity (Wildman–Crippen MR) is 89.9 cm³/mol. The average Bonchev–Trinajstić information content (AvgIpc) is 2.49. The first-order chi connectivity index (χ1) is 10.6. The molecule has 0 aliphatic rings. The molecule has 0 N–H and O–H groups in total. The van der Waals surface area contributed by atoms with E-state index in [1.54, 1.807) is 12.1 Å². The zero-order valence-electron chi connectivity index (χ0n) is 12.3. The van der Waals surface area contributed by atoms with E-state index in [0.29, 0.717) is 18.1 Å². The predicted octanol–water partition coefficient (Wildman–Crippen LogP) is 4.39. The smallest absolute Gasteiger partial charge is 0.273 e. The van der Waals surface area contributed by atoms with Crippen molar-refractivity contribution < 1.29 is 4.92 Å². The van der Waals surface area contributed by atoms with Crippen LogP contribution < -0.4 is 0 Å². The number of hydrogen-bond donors (Lipinski definition) is 0. The maximum absolute atomic E-state index is 11.0. The lowest BCUT2D eigenvalue weighted by molar-refractivity contribution is -0.385. The lowest BCUT2D eigenvalue weighted by Crippen LogP contribution is -2.18. The molecule has 0 amide bonds. The van der Waals surface area contributed by atoms with Crippen LogP contribution in [-0.2, 0) is 6.54 Å². The molecule has 22 heavy (non-hydrogen) atoms. The van der Waals surface area contributed by atoms with Gasteiger partial charge in [0.1, 0.15) is 0 Å². The zero-order valence-corrected chi connectivity index (χ0v) is 13.0. The van der Waals surface area contributed by atoms with Crippen LogP contribution in [-0.4, -0.2) is 23.4 Å². The van der Waals surface area contributed by atoms with E-state index < -0.39 is 0 Å². The van der Waals surface area contributed by atoms with Gasteiger partial charge in [0, 0.05) is 29.7 Å². The molecule has 2 rings (SSSR count). The van der Waals surface area contributed by atoms with Crippen molar-refractivity contribution >= 4 is 23.4 Å². The monoisotopic (exact) mass is 316 g/mol. The summed E-state index contributed by atoms with van der Waals surface area (Å²) in [5, 5.41) is 11.7. The minimum atomic E-state index is -0.341. The summed E-state index contributed by atoms with van der Waals surface area (Å²) in [5.74, 6) is 0. The van der Waals surface area contributed by atoms with Gasteiger partial charge in [-0.3, -0.25) is 15.0 Å². The average molecular weight is 317 g/mol. The molecular weight excluding hydrogens is 300 g/mol. The Labute approximate surface area is 134 Å². The number of nitrogens with zero attached hydrogens (tertiary/aromatic N) is 2. The molecule has 4 nitrogen and oxygen atoms in total. The molecular formula is C17H17ClN2O2. The number of benzene rings is 2. The van der Waals surface area contributed by atoms with Crippen LogP contribution in [0.3, 0.4) is 0 Å². The molecule has 0 aliphatic carbocycles. The Balaban J connectivity index is 1.94. The van der Waals surface area contributed by atoms with Crippen molar-refractivity contribution in [1.82, 2.24) is 4.90 Å². The maximum Gasteiger partial charge on any atom is 0.273 e. The fourth-order valence-electron chi connectivity index (χ4n) is 2.12. The molecule has 0 aromatic heterocycles. The highest BCUT2D eigenvalue weighted by atomic mass is 35.5. The van der Waals surface area contributed by atoms with E-state index in [4.69, 9.17) is 11.6 Å². The normalized spacial score (nSPS) is 11.2. The van der Waals surface area contributed by atoms with E-state index in [1.165, 1.54) is 6.07 Å². The van der Waals surface area contributed by atoms with Gasteiger partial charge in [-0.25, -0.2) is 0 Å². The summed E-state index contributed by atoms with van der Waals surface area (Å²) in [4.78, 5) is 12.7. The van der Waals surface area contributed by atoms with Crippen molar-refractivity contribution in [3.63, 3.8) is 0 Å². The van der Waals surface area contributed by atoms with Crippen molar-refractivity contribution in [3.05, 3.63) is 80.9 Å². The van der Waals surface area contributed by atoms with Crippen molar-refractivity contribution in [2.75, 3.05) is 13.6 Å². The number of likely N-dealkylation sites (N-methyl/N-ethyl adjacent to an activating group) is 1. The van der Waals surface area contributed by atoms with Gasteiger partial charge in [0.05, 0.1) is 4.92 Å². The van der Waals surface area contributed by atoms with Crippen LogP contribution in [0.2, 0.25) is 5.02 Å². The molecule has 0 fully saturated rings. The summed E-state index contributed by atoms with van der Waals surface area (Å²) in [7, 11) is 1.93. The topological polar surface area (TPSA) is 46.4 Å². The molecule has 0 heterocycles. The summed E-state index contributed by atoms with van der Waals surface area (Å²) in [6.45, 7) is 1.23. The highest BCUT2D eigenvalue weighted by Crippen LogP contribution is 2.19. The highest BCUT2D eigenvalue weighted by Gasteiger charge is 2.13. The van der Waals surface area contributed by atoms with Crippen LogP contribution in [0.5, 0.6) is 0 Å². The fraction of sp³-hybridized carbons (Fsp3) is 0.176. The Kier molecular flexibility index (Phi) is 5.69. The lowest BCUT2D eigenvalue weighted by atomic mass is 10.1. The van der Waals surface area contributed by atoms with Crippen LogP contribution >= 0.6 is 11.6 Å². The number of rotatable bonds is 6. The van der Waals surface area contributed by atoms with Gasteiger partial charge >= 0.3 is 0 Å². The van der Waals surface area contributed by atoms with Crippen LogP contribution in [0.25, 0.3) is 6.08 Å². The van der Waals surface area contributed by atoms with Gasteiger partial charge in [-0.15, -0.1) is 0 Å². The van der Waals surface area contributed by atoms with E-state index in [9.17, 15) is 10.1 Å². The Hall–Kier alpha value is -2.17. The molecule has 0 saturated heterocycles. The molecule has 114 valence electrons. The van der Waals surface area contributed by atoms with E-state index >= 15 is 0 Å². The second-order valence-electron chi connectivity index (χ2n) is 5.04. The Morgan fingerprint density at radius 2 is 1.86 bits per heavy atom. The summed E-state index contributed by atoms with van der Waals surface area (Å²) < 4.78 is 0. The van der Waals surface area contributed by atoms with E-state index in [0.717, 1.165) is 11.1 Å². The standard InChI is InChI=1S/C17H17ClN2O2/c1-19(12-4-5-14-8-10-16(18)11-9-14)13-15-6-2-3-7-17(15)20(21)22/h2-11H,12-13H2,1H3. The minimum Gasteiger partial charge on any atom is -0.298 e. The molecule has 0 bridgehead atoms. The minimum absolute atomic E-state index is 0.163. The van der Waals surface area contributed by atoms with Gasteiger partial charge in [-0.1, -0.05) is 54.1 Å². The first-order valence-electron chi connectivity index (χ1n) is 6.89.